The first-order valence-corrected chi connectivity index (χ1v) is 22.1. The normalized spacial score (nSPS) is 11.5. The van der Waals surface area contributed by atoms with Crippen molar-refractivity contribution in [3.05, 3.63) is 237 Å². The molecule has 1 heterocycles. The Labute approximate surface area is 365 Å². The van der Waals surface area contributed by atoms with E-state index < -0.39 is 0 Å². The molecular formula is C60H39NS. The van der Waals surface area contributed by atoms with E-state index in [0.29, 0.717) is 0 Å². The minimum atomic E-state index is 1.10. The largest absolute Gasteiger partial charge is 0.309 e. The number of hydrogen-bond acceptors (Lipinski definition) is 2. The standard InChI is InChI=1S/C60H39NS/c1-3-18-42(19-4-1)58-52-27-10-9-25-49(52)50-38-35-44(39-54(50)59(58)43-20-5-2-6-21-43)47-24-11-13-30-55(47)61(56-31-15-22-40-17-7-8-23-46(40)56)45-36-33-41(34-37-45)48-28-16-29-53-51-26-12-14-32-57(51)62-60(48)53/h1-39H. The van der Waals surface area contributed by atoms with Gasteiger partial charge in [0, 0.05) is 36.8 Å². The molecule has 0 atom stereocenters. The van der Waals surface area contributed by atoms with Gasteiger partial charge in [0.15, 0.2) is 0 Å². The van der Waals surface area contributed by atoms with Crippen molar-refractivity contribution in [3.8, 4) is 44.5 Å². The first kappa shape index (κ1) is 36.1. The summed E-state index contributed by atoms with van der Waals surface area (Å²) in [5, 5.41) is 10.0. The number of para-hydroxylation sites is 1. The number of rotatable bonds is 7. The summed E-state index contributed by atoms with van der Waals surface area (Å²) < 4.78 is 2.64. The molecule has 2 heteroatoms. The van der Waals surface area contributed by atoms with Crippen LogP contribution in [0.4, 0.5) is 17.1 Å². The van der Waals surface area contributed by atoms with Crippen LogP contribution in [0.2, 0.25) is 0 Å². The molecule has 0 saturated carbocycles. The van der Waals surface area contributed by atoms with Gasteiger partial charge in [-0.15, -0.1) is 11.3 Å². The fraction of sp³-hybridized carbons (Fsp3) is 0. The lowest BCUT2D eigenvalue weighted by atomic mass is 9.84. The van der Waals surface area contributed by atoms with Crippen LogP contribution in [-0.2, 0) is 0 Å². The minimum Gasteiger partial charge on any atom is -0.309 e. The van der Waals surface area contributed by atoms with E-state index in [0.717, 1.165) is 28.2 Å². The minimum absolute atomic E-state index is 1.10. The molecule has 0 aliphatic heterocycles. The molecule has 1 aromatic heterocycles. The molecule has 0 radical (unpaired) electrons. The molecular weight excluding hydrogens is 767 g/mol. The zero-order valence-corrected chi connectivity index (χ0v) is 34.7. The molecule has 12 aromatic rings. The number of nitrogens with zero attached hydrogens (tertiary/aromatic N) is 1. The molecule has 0 bridgehead atoms. The van der Waals surface area contributed by atoms with E-state index >= 15 is 0 Å². The average Bonchev–Trinajstić information content (AvgIpc) is 3.74. The maximum atomic E-state index is 2.46. The summed E-state index contributed by atoms with van der Waals surface area (Å²) in [7, 11) is 0. The van der Waals surface area contributed by atoms with E-state index in [9.17, 15) is 0 Å². The van der Waals surface area contributed by atoms with E-state index in [1.807, 2.05) is 11.3 Å². The van der Waals surface area contributed by atoms with E-state index in [1.54, 1.807) is 0 Å². The van der Waals surface area contributed by atoms with Crippen molar-refractivity contribution in [2.45, 2.75) is 0 Å². The number of anilines is 3. The predicted molar refractivity (Wildman–Crippen MR) is 268 cm³/mol. The average molecular weight is 806 g/mol. The van der Waals surface area contributed by atoms with Crippen LogP contribution in [0.5, 0.6) is 0 Å². The third-order valence-corrected chi connectivity index (χ3v) is 13.7. The van der Waals surface area contributed by atoms with E-state index in [1.165, 1.54) is 85.9 Å². The summed E-state index contributed by atoms with van der Waals surface area (Å²) in [5.74, 6) is 0. The second kappa shape index (κ2) is 15.0. The molecule has 0 amide bonds. The lowest BCUT2D eigenvalue weighted by Gasteiger charge is -2.29. The fourth-order valence-corrected chi connectivity index (χ4v) is 10.9. The Morgan fingerprint density at radius 2 is 0.823 bits per heavy atom. The van der Waals surface area contributed by atoms with E-state index in [2.05, 4.69) is 241 Å². The quantitative estimate of drug-likeness (QED) is 0.145. The van der Waals surface area contributed by atoms with Gasteiger partial charge in [-0.25, -0.2) is 0 Å². The highest BCUT2D eigenvalue weighted by atomic mass is 32.1. The van der Waals surface area contributed by atoms with Gasteiger partial charge < -0.3 is 4.90 Å². The Balaban J connectivity index is 1.08. The summed E-state index contributed by atoms with van der Waals surface area (Å²) in [4.78, 5) is 2.46. The monoisotopic (exact) mass is 805 g/mol. The zero-order valence-electron chi connectivity index (χ0n) is 33.9. The SMILES string of the molecule is c1ccc(-c2c(-c3ccccc3)c3cc(-c4ccccc4N(c4ccc(-c5cccc6c5sc5ccccc56)cc4)c4cccc5ccccc45)ccc3c3ccccc23)cc1. The fourth-order valence-electron chi connectivity index (χ4n) is 9.66. The van der Waals surface area contributed by atoms with Gasteiger partial charge in [0.1, 0.15) is 0 Å². The topological polar surface area (TPSA) is 3.24 Å². The molecule has 11 aromatic carbocycles. The van der Waals surface area contributed by atoms with Crippen molar-refractivity contribution in [2.24, 2.45) is 0 Å². The van der Waals surface area contributed by atoms with Crippen molar-refractivity contribution < 1.29 is 0 Å². The second-order valence-corrected chi connectivity index (χ2v) is 17.0. The lowest BCUT2D eigenvalue weighted by molar-refractivity contribution is 1.30. The highest BCUT2D eigenvalue weighted by molar-refractivity contribution is 7.26. The van der Waals surface area contributed by atoms with Crippen LogP contribution in [0, 0.1) is 0 Å². The van der Waals surface area contributed by atoms with Gasteiger partial charge in [0.05, 0.1) is 11.4 Å². The van der Waals surface area contributed by atoms with Gasteiger partial charge in [0.2, 0.25) is 0 Å². The molecule has 62 heavy (non-hydrogen) atoms. The maximum Gasteiger partial charge on any atom is 0.0540 e. The van der Waals surface area contributed by atoms with E-state index in [4.69, 9.17) is 0 Å². The summed E-state index contributed by atoms with van der Waals surface area (Å²) in [6, 6.07) is 86.7. The number of benzene rings is 11. The number of hydrogen-bond donors (Lipinski definition) is 0. The molecule has 0 spiro atoms. The van der Waals surface area contributed by atoms with Crippen LogP contribution in [0.25, 0.3) is 97.0 Å². The number of thiophene rings is 1. The van der Waals surface area contributed by atoms with Gasteiger partial charge >= 0.3 is 0 Å². The number of fused-ring (bicyclic) bond motifs is 7. The summed E-state index contributed by atoms with van der Waals surface area (Å²) in [6.07, 6.45) is 0. The van der Waals surface area contributed by atoms with Crippen LogP contribution in [0.15, 0.2) is 237 Å². The van der Waals surface area contributed by atoms with Gasteiger partial charge in [0.25, 0.3) is 0 Å². The van der Waals surface area contributed by atoms with Gasteiger partial charge in [-0.2, -0.15) is 0 Å². The van der Waals surface area contributed by atoms with Gasteiger partial charge in [-0.1, -0.05) is 200 Å². The maximum absolute atomic E-state index is 2.46. The van der Waals surface area contributed by atoms with Gasteiger partial charge in [-0.05, 0) is 102 Å². The smallest absolute Gasteiger partial charge is 0.0540 e. The first-order valence-electron chi connectivity index (χ1n) is 21.3. The third-order valence-electron chi connectivity index (χ3n) is 12.5. The van der Waals surface area contributed by atoms with Crippen LogP contribution >= 0.6 is 11.3 Å². The van der Waals surface area contributed by atoms with Crippen molar-refractivity contribution in [1.82, 2.24) is 0 Å². The highest BCUT2D eigenvalue weighted by Gasteiger charge is 2.22. The molecule has 12 rings (SSSR count). The Kier molecular flexibility index (Phi) is 8.76. The lowest BCUT2D eigenvalue weighted by Crippen LogP contribution is -2.11. The first-order chi connectivity index (χ1) is 30.8. The third kappa shape index (κ3) is 5.99. The van der Waals surface area contributed by atoms with Crippen LogP contribution in [0.1, 0.15) is 0 Å². The Morgan fingerprint density at radius 1 is 0.290 bits per heavy atom. The van der Waals surface area contributed by atoms with Gasteiger partial charge in [-0.3, -0.25) is 0 Å². The molecule has 0 unspecified atom stereocenters. The van der Waals surface area contributed by atoms with E-state index in [-0.39, 0.29) is 0 Å². The molecule has 0 N–H and O–H groups in total. The Hall–Kier alpha value is -7.78. The summed E-state index contributed by atoms with van der Waals surface area (Å²) in [5.41, 5.74) is 13.1. The molecule has 0 aliphatic rings. The summed E-state index contributed by atoms with van der Waals surface area (Å²) in [6.45, 7) is 0. The van der Waals surface area contributed by atoms with Crippen LogP contribution in [-0.4, -0.2) is 0 Å². The molecule has 0 saturated heterocycles. The van der Waals surface area contributed by atoms with Crippen LogP contribution in [0.3, 0.4) is 0 Å². The van der Waals surface area contributed by atoms with Crippen molar-refractivity contribution >= 4 is 80.9 Å². The molecule has 0 aliphatic carbocycles. The van der Waals surface area contributed by atoms with Crippen molar-refractivity contribution in [1.29, 1.82) is 0 Å². The second-order valence-electron chi connectivity index (χ2n) is 16.0. The summed E-state index contributed by atoms with van der Waals surface area (Å²) >= 11 is 1.88. The Morgan fingerprint density at radius 3 is 1.61 bits per heavy atom. The molecule has 1 nitrogen and oxygen atoms in total. The highest BCUT2D eigenvalue weighted by Crippen LogP contribution is 2.48. The van der Waals surface area contributed by atoms with Crippen molar-refractivity contribution in [2.75, 3.05) is 4.90 Å². The molecule has 290 valence electrons. The zero-order chi connectivity index (χ0) is 41.0. The van der Waals surface area contributed by atoms with Crippen molar-refractivity contribution in [3.63, 3.8) is 0 Å². The molecule has 0 fully saturated rings. The predicted octanol–water partition coefficient (Wildman–Crippen LogP) is 17.7. The van der Waals surface area contributed by atoms with Crippen LogP contribution < -0.4 is 4.90 Å². The Bertz CT molecular complexity index is 3620.